The molecule has 1 atom stereocenters. The number of nitrogens with zero attached hydrogens (tertiary/aromatic N) is 3. The van der Waals surface area contributed by atoms with Gasteiger partial charge < -0.3 is 9.88 Å². The van der Waals surface area contributed by atoms with Crippen LogP contribution in [0.25, 0.3) is 0 Å². The predicted molar refractivity (Wildman–Crippen MR) is 98.7 cm³/mol. The number of aromatic nitrogens is 3. The molecule has 1 aromatic heterocycles. The van der Waals surface area contributed by atoms with Crippen LogP contribution in [0, 0.1) is 5.82 Å². The van der Waals surface area contributed by atoms with E-state index in [9.17, 15) is 9.18 Å². The highest BCUT2D eigenvalue weighted by molar-refractivity contribution is 8.00. The molecule has 2 aromatic rings. The summed E-state index contributed by atoms with van der Waals surface area (Å²) in [7, 11) is 0. The summed E-state index contributed by atoms with van der Waals surface area (Å²) in [6.45, 7) is 2.44. The molecule has 0 aliphatic heterocycles. The third kappa shape index (κ3) is 4.09. The maximum absolute atomic E-state index is 12.9. The Balaban J connectivity index is 1.31. The molecule has 1 heterocycles. The average Bonchev–Trinajstić information content (AvgIpc) is 3.55. The Hall–Kier alpha value is -1.89. The number of benzene rings is 1. The molecule has 1 amide bonds. The van der Waals surface area contributed by atoms with Crippen molar-refractivity contribution in [3.63, 3.8) is 0 Å². The second kappa shape index (κ2) is 7.39. The highest BCUT2D eigenvalue weighted by Gasteiger charge is 2.37. The third-order valence-electron chi connectivity index (χ3n) is 4.82. The van der Waals surface area contributed by atoms with Gasteiger partial charge in [0.15, 0.2) is 5.16 Å². The van der Waals surface area contributed by atoms with E-state index < -0.39 is 0 Å². The van der Waals surface area contributed by atoms with Crippen LogP contribution in [0.1, 0.15) is 56.0 Å². The van der Waals surface area contributed by atoms with Crippen LogP contribution in [0.3, 0.4) is 0 Å². The SMILES string of the molecule is C[C@@H](Sc1nnc(C2CC2)n1C1CC1)C(=O)NCCc1ccc(F)cc1. The first kappa shape index (κ1) is 17.5. The van der Waals surface area contributed by atoms with Crippen molar-refractivity contribution in [2.45, 2.75) is 61.4 Å². The second-order valence-corrected chi connectivity index (χ2v) is 8.45. The molecular formula is C19H23FN4OS. The summed E-state index contributed by atoms with van der Waals surface area (Å²) in [4.78, 5) is 12.4. The minimum atomic E-state index is -0.242. The zero-order valence-electron chi connectivity index (χ0n) is 14.8. The Labute approximate surface area is 156 Å². The fourth-order valence-corrected chi connectivity index (χ4v) is 3.95. The number of nitrogens with one attached hydrogen (secondary N) is 1. The van der Waals surface area contributed by atoms with E-state index in [1.54, 1.807) is 12.1 Å². The minimum absolute atomic E-state index is 0.00423. The summed E-state index contributed by atoms with van der Waals surface area (Å²) in [6, 6.07) is 6.90. The van der Waals surface area contributed by atoms with Crippen LogP contribution in [-0.4, -0.2) is 32.5 Å². The van der Waals surface area contributed by atoms with Gasteiger partial charge in [-0.2, -0.15) is 0 Å². The van der Waals surface area contributed by atoms with Crippen LogP contribution < -0.4 is 5.32 Å². The lowest BCUT2D eigenvalue weighted by Gasteiger charge is -2.13. The van der Waals surface area contributed by atoms with Crippen LogP contribution in [0.15, 0.2) is 29.4 Å². The number of thioether (sulfide) groups is 1. The van der Waals surface area contributed by atoms with E-state index in [0.29, 0.717) is 24.9 Å². The van der Waals surface area contributed by atoms with E-state index in [0.717, 1.165) is 16.5 Å². The molecule has 0 bridgehead atoms. The zero-order valence-corrected chi connectivity index (χ0v) is 15.6. The van der Waals surface area contributed by atoms with Gasteiger partial charge in [0.1, 0.15) is 11.6 Å². The monoisotopic (exact) mass is 374 g/mol. The second-order valence-electron chi connectivity index (χ2n) is 7.14. The normalized spacial score (nSPS) is 17.9. The molecule has 26 heavy (non-hydrogen) atoms. The number of hydrogen-bond donors (Lipinski definition) is 1. The van der Waals surface area contributed by atoms with Crippen molar-refractivity contribution in [1.29, 1.82) is 0 Å². The first-order valence-corrected chi connectivity index (χ1v) is 10.1. The highest BCUT2D eigenvalue weighted by Crippen LogP contribution is 2.46. The van der Waals surface area contributed by atoms with Crippen molar-refractivity contribution >= 4 is 17.7 Å². The topological polar surface area (TPSA) is 59.8 Å². The van der Waals surface area contributed by atoms with Gasteiger partial charge in [0.2, 0.25) is 5.91 Å². The van der Waals surface area contributed by atoms with Gasteiger partial charge in [-0.25, -0.2) is 4.39 Å². The van der Waals surface area contributed by atoms with E-state index in [2.05, 4.69) is 20.1 Å². The van der Waals surface area contributed by atoms with Crippen molar-refractivity contribution in [3.05, 3.63) is 41.5 Å². The lowest BCUT2D eigenvalue weighted by Crippen LogP contribution is -2.32. The van der Waals surface area contributed by atoms with Crippen LogP contribution in [0.5, 0.6) is 0 Å². The maximum atomic E-state index is 12.9. The summed E-state index contributed by atoms with van der Waals surface area (Å²) in [5, 5.41) is 12.4. The number of halogens is 1. The standard InChI is InChI=1S/C19H23FN4OS/c1-12(18(25)21-11-10-13-2-6-15(20)7-3-13)26-19-23-22-17(14-4-5-14)24(19)16-8-9-16/h2-3,6-7,12,14,16H,4-5,8-11H2,1H3,(H,21,25)/t12-/m1/s1. The maximum Gasteiger partial charge on any atom is 0.233 e. The fourth-order valence-electron chi connectivity index (χ4n) is 3.00. The predicted octanol–water partition coefficient (Wildman–Crippen LogP) is 3.47. The average molecular weight is 374 g/mol. The van der Waals surface area contributed by atoms with Crippen molar-refractivity contribution < 1.29 is 9.18 Å². The first-order chi connectivity index (χ1) is 12.6. The molecule has 0 saturated heterocycles. The molecule has 0 spiro atoms. The molecule has 2 saturated carbocycles. The summed E-state index contributed by atoms with van der Waals surface area (Å²) >= 11 is 1.49. The molecule has 5 nitrogen and oxygen atoms in total. The zero-order chi connectivity index (χ0) is 18.1. The summed E-state index contributed by atoms with van der Waals surface area (Å²) < 4.78 is 15.2. The van der Waals surface area contributed by atoms with Crippen molar-refractivity contribution in [3.8, 4) is 0 Å². The van der Waals surface area contributed by atoms with Gasteiger partial charge >= 0.3 is 0 Å². The molecule has 0 radical (unpaired) electrons. The molecule has 2 aliphatic rings. The number of rotatable bonds is 8. The van der Waals surface area contributed by atoms with E-state index in [-0.39, 0.29) is 17.0 Å². The quantitative estimate of drug-likeness (QED) is 0.719. The molecule has 2 aliphatic carbocycles. The van der Waals surface area contributed by atoms with Gasteiger partial charge in [-0.3, -0.25) is 4.79 Å². The lowest BCUT2D eigenvalue weighted by molar-refractivity contribution is -0.120. The molecular weight excluding hydrogens is 351 g/mol. The van der Waals surface area contributed by atoms with Crippen molar-refractivity contribution in [2.75, 3.05) is 6.54 Å². The fraction of sp³-hybridized carbons (Fsp3) is 0.526. The van der Waals surface area contributed by atoms with Crippen LogP contribution >= 0.6 is 11.8 Å². The molecule has 1 N–H and O–H groups in total. The van der Waals surface area contributed by atoms with Gasteiger partial charge in [0, 0.05) is 18.5 Å². The Morgan fingerprint density at radius 3 is 2.65 bits per heavy atom. The largest absolute Gasteiger partial charge is 0.355 e. The number of hydrogen-bond acceptors (Lipinski definition) is 4. The highest BCUT2D eigenvalue weighted by atomic mass is 32.2. The molecule has 138 valence electrons. The van der Waals surface area contributed by atoms with Gasteiger partial charge in [-0.1, -0.05) is 23.9 Å². The van der Waals surface area contributed by atoms with E-state index in [4.69, 9.17) is 0 Å². The van der Waals surface area contributed by atoms with Gasteiger partial charge in [-0.15, -0.1) is 10.2 Å². The van der Waals surface area contributed by atoms with Crippen LogP contribution in [0.2, 0.25) is 0 Å². The third-order valence-corrected chi connectivity index (χ3v) is 5.88. The Kier molecular flexibility index (Phi) is 4.98. The van der Waals surface area contributed by atoms with E-state index >= 15 is 0 Å². The van der Waals surface area contributed by atoms with Gasteiger partial charge in [0.25, 0.3) is 0 Å². The van der Waals surface area contributed by atoms with Crippen molar-refractivity contribution in [2.24, 2.45) is 0 Å². The minimum Gasteiger partial charge on any atom is -0.355 e. The van der Waals surface area contributed by atoms with Crippen LogP contribution in [-0.2, 0) is 11.2 Å². The number of carbonyl (C=O) groups excluding carboxylic acids is 1. The Morgan fingerprint density at radius 2 is 2.00 bits per heavy atom. The molecule has 2 fully saturated rings. The smallest absolute Gasteiger partial charge is 0.233 e. The molecule has 0 unspecified atom stereocenters. The molecule has 4 rings (SSSR count). The van der Waals surface area contributed by atoms with E-state index in [1.807, 2.05) is 6.92 Å². The van der Waals surface area contributed by atoms with Crippen LogP contribution in [0.4, 0.5) is 4.39 Å². The van der Waals surface area contributed by atoms with E-state index in [1.165, 1.54) is 49.6 Å². The summed E-state index contributed by atoms with van der Waals surface area (Å²) in [5.74, 6) is 1.43. The van der Waals surface area contributed by atoms with Gasteiger partial charge in [0.05, 0.1) is 5.25 Å². The summed E-state index contributed by atoms with van der Waals surface area (Å²) in [5.41, 5.74) is 1.01. The lowest BCUT2D eigenvalue weighted by atomic mass is 10.1. The molecule has 7 heteroatoms. The number of carbonyl (C=O) groups is 1. The van der Waals surface area contributed by atoms with Crippen molar-refractivity contribution in [1.82, 2.24) is 20.1 Å². The Bertz CT molecular complexity index is 783. The number of amides is 1. The first-order valence-electron chi connectivity index (χ1n) is 9.25. The summed E-state index contributed by atoms with van der Waals surface area (Å²) in [6.07, 6.45) is 5.46. The molecule has 1 aromatic carbocycles. The van der Waals surface area contributed by atoms with Gasteiger partial charge in [-0.05, 0) is 56.7 Å². The Morgan fingerprint density at radius 1 is 1.27 bits per heavy atom.